The van der Waals surface area contributed by atoms with E-state index in [4.69, 9.17) is 31.5 Å². The van der Waals surface area contributed by atoms with E-state index in [1.165, 1.54) is 7.11 Å². The summed E-state index contributed by atoms with van der Waals surface area (Å²) in [5.74, 6) is 0.552. The summed E-state index contributed by atoms with van der Waals surface area (Å²) in [4.78, 5) is 24.2. The van der Waals surface area contributed by atoms with Gasteiger partial charge in [-0.05, 0) is 54.4 Å². The number of carbonyl (C=O) groups is 2. The number of methoxy groups -OCH3 is 1. The molecule has 7 nitrogen and oxygen atoms in total. The lowest BCUT2D eigenvalue weighted by Crippen LogP contribution is -2.23. The van der Waals surface area contributed by atoms with Gasteiger partial charge in [0.05, 0.1) is 24.3 Å². The van der Waals surface area contributed by atoms with Crippen molar-refractivity contribution in [2.75, 3.05) is 13.7 Å². The van der Waals surface area contributed by atoms with E-state index in [0.29, 0.717) is 40.0 Å². The Morgan fingerprint density at radius 2 is 1.76 bits per heavy atom. The average Bonchev–Trinajstić information content (AvgIpc) is 2.82. The zero-order valence-electron chi connectivity index (χ0n) is 18.4. The van der Waals surface area contributed by atoms with Crippen molar-refractivity contribution in [2.24, 2.45) is 5.73 Å². The van der Waals surface area contributed by atoms with E-state index >= 15 is 0 Å². The Hall–Kier alpha value is -3.71. The molecule has 0 fully saturated rings. The highest BCUT2D eigenvalue weighted by Crippen LogP contribution is 2.36. The van der Waals surface area contributed by atoms with Gasteiger partial charge >= 0.3 is 0 Å². The highest BCUT2D eigenvalue weighted by molar-refractivity contribution is 6.32. The number of halogens is 1. The third-order valence-corrected chi connectivity index (χ3v) is 5.05. The van der Waals surface area contributed by atoms with Gasteiger partial charge < -0.3 is 25.3 Å². The Labute approximate surface area is 197 Å². The van der Waals surface area contributed by atoms with Crippen molar-refractivity contribution in [2.45, 2.75) is 20.1 Å². The number of nitrogens with two attached hydrogens (primary N) is 1. The standard InChI is InChI=1S/C25H25ClN2O5/c1-3-32-23-20(26)12-17(13-22(23)31-2)14-28-25(30)18-8-6-7-16(11-18)15-33-21-10-5-4-9-19(21)24(27)29/h4-13H,3,14-15H2,1-2H3,(H2,27,29)(H,28,30). The van der Waals surface area contributed by atoms with Crippen LogP contribution in [0.25, 0.3) is 0 Å². The minimum Gasteiger partial charge on any atom is -0.493 e. The van der Waals surface area contributed by atoms with Crippen molar-refractivity contribution >= 4 is 23.4 Å². The molecule has 0 aliphatic rings. The molecule has 0 bridgehead atoms. The fraction of sp³-hybridized carbons (Fsp3) is 0.200. The Morgan fingerprint density at radius 1 is 0.970 bits per heavy atom. The topological polar surface area (TPSA) is 99.9 Å². The average molecular weight is 469 g/mol. The maximum Gasteiger partial charge on any atom is 0.252 e. The van der Waals surface area contributed by atoms with Crippen molar-refractivity contribution in [1.29, 1.82) is 0 Å². The summed E-state index contributed by atoms with van der Waals surface area (Å²) in [6.07, 6.45) is 0. The molecule has 3 aromatic carbocycles. The van der Waals surface area contributed by atoms with Crippen LogP contribution in [0.4, 0.5) is 0 Å². The first kappa shape index (κ1) is 23.9. The molecule has 0 aliphatic carbocycles. The maximum absolute atomic E-state index is 12.7. The summed E-state index contributed by atoms with van der Waals surface area (Å²) in [7, 11) is 1.53. The van der Waals surface area contributed by atoms with Gasteiger partial charge in [-0.15, -0.1) is 0 Å². The summed E-state index contributed by atoms with van der Waals surface area (Å²) in [5, 5.41) is 3.29. The highest BCUT2D eigenvalue weighted by atomic mass is 35.5. The SMILES string of the molecule is CCOc1c(Cl)cc(CNC(=O)c2cccc(COc3ccccc3C(N)=O)c2)cc1OC. The molecule has 3 rings (SSSR count). The van der Waals surface area contributed by atoms with Crippen LogP contribution in [-0.2, 0) is 13.2 Å². The first-order valence-electron chi connectivity index (χ1n) is 10.3. The molecule has 0 aliphatic heterocycles. The first-order chi connectivity index (χ1) is 15.9. The van der Waals surface area contributed by atoms with E-state index in [2.05, 4.69) is 5.32 Å². The van der Waals surface area contributed by atoms with E-state index in [1.54, 1.807) is 54.6 Å². The molecular formula is C25H25ClN2O5. The van der Waals surface area contributed by atoms with Crippen LogP contribution in [0.2, 0.25) is 5.02 Å². The van der Waals surface area contributed by atoms with Gasteiger partial charge in [0.25, 0.3) is 11.8 Å². The highest BCUT2D eigenvalue weighted by Gasteiger charge is 2.13. The summed E-state index contributed by atoms with van der Waals surface area (Å²) < 4.78 is 16.6. The molecule has 2 amide bonds. The predicted molar refractivity (Wildman–Crippen MR) is 126 cm³/mol. The second kappa shape index (κ2) is 11.2. The minimum absolute atomic E-state index is 0.178. The number of carbonyl (C=O) groups excluding carboxylic acids is 2. The fourth-order valence-corrected chi connectivity index (χ4v) is 3.49. The van der Waals surface area contributed by atoms with Gasteiger partial charge in [0.15, 0.2) is 11.5 Å². The molecule has 0 saturated heterocycles. The number of hydrogen-bond donors (Lipinski definition) is 2. The zero-order chi connectivity index (χ0) is 23.8. The summed E-state index contributed by atoms with van der Waals surface area (Å²) >= 11 is 6.30. The van der Waals surface area contributed by atoms with Gasteiger partial charge in [-0.3, -0.25) is 9.59 Å². The van der Waals surface area contributed by atoms with Crippen LogP contribution in [0.3, 0.4) is 0 Å². The molecule has 33 heavy (non-hydrogen) atoms. The molecule has 0 unspecified atom stereocenters. The quantitative estimate of drug-likeness (QED) is 0.460. The van der Waals surface area contributed by atoms with Crippen LogP contribution >= 0.6 is 11.6 Å². The van der Waals surface area contributed by atoms with Crippen molar-refractivity contribution in [3.8, 4) is 17.2 Å². The molecule has 0 saturated carbocycles. The lowest BCUT2D eigenvalue weighted by Gasteiger charge is -2.14. The molecule has 0 spiro atoms. The van der Waals surface area contributed by atoms with Gasteiger partial charge in [-0.1, -0.05) is 35.9 Å². The molecule has 0 radical (unpaired) electrons. The molecule has 0 heterocycles. The van der Waals surface area contributed by atoms with Crippen molar-refractivity contribution in [1.82, 2.24) is 5.32 Å². The number of amides is 2. The van der Waals surface area contributed by atoms with Gasteiger partial charge in [-0.2, -0.15) is 0 Å². The van der Waals surface area contributed by atoms with Crippen molar-refractivity contribution in [3.05, 3.63) is 87.9 Å². The zero-order valence-corrected chi connectivity index (χ0v) is 19.1. The second-order valence-corrected chi connectivity index (χ2v) is 7.48. The minimum atomic E-state index is -0.565. The Bertz CT molecular complexity index is 1150. The van der Waals surface area contributed by atoms with Gasteiger partial charge in [0.1, 0.15) is 12.4 Å². The summed E-state index contributed by atoms with van der Waals surface area (Å²) in [6.45, 7) is 2.76. The lowest BCUT2D eigenvalue weighted by molar-refractivity contribution is 0.0949. The van der Waals surface area contributed by atoms with Crippen LogP contribution in [0, 0.1) is 0 Å². The van der Waals surface area contributed by atoms with Gasteiger partial charge in [0, 0.05) is 12.1 Å². The maximum atomic E-state index is 12.7. The van der Waals surface area contributed by atoms with Gasteiger partial charge in [-0.25, -0.2) is 0 Å². The largest absolute Gasteiger partial charge is 0.493 e. The molecule has 3 aromatic rings. The first-order valence-corrected chi connectivity index (χ1v) is 10.7. The third-order valence-electron chi connectivity index (χ3n) is 4.77. The number of nitrogens with one attached hydrogen (secondary N) is 1. The van der Waals surface area contributed by atoms with Crippen LogP contribution in [0.5, 0.6) is 17.2 Å². The number of rotatable bonds is 10. The molecule has 0 aromatic heterocycles. The Kier molecular flexibility index (Phi) is 8.16. The fourth-order valence-electron chi connectivity index (χ4n) is 3.20. The normalized spacial score (nSPS) is 10.4. The molecule has 172 valence electrons. The Balaban J connectivity index is 1.66. The van der Waals surface area contributed by atoms with E-state index in [9.17, 15) is 9.59 Å². The third kappa shape index (κ3) is 6.17. The summed E-state index contributed by atoms with van der Waals surface area (Å²) in [6, 6.07) is 17.3. The van der Waals surface area contributed by atoms with Crippen molar-refractivity contribution in [3.63, 3.8) is 0 Å². The van der Waals surface area contributed by atoms with Crippen molar-refractivity contribution < 1.29 is 23.8 Å². The molecule has 3 N–H and O–H groups in total. The molecule has 0 atom stereocenters. The number of para-hydroxylation sites is 1. The second-order valence-electron chi connectivity index (χ2n) is 7.07. The van der Waals surface area contributed by atoms with Gasteiger partial charge in [0.2, 0.25) is 0 Å². The monoisotopic (exact) mass is 468 g/mol. The number of hydrogen-bond acceptors (Lipinski definition) is 5. The van der Waals surface area contributed by atoms with Crippen LogP contribution in [0.1, 0.15) is 38.8 Å². The van der Waals surface area contributed by atoms with E-state index in [0.717, 1.165) is 11.1 Å². The number of primary amides is 1. The van der Waals surface area contributed by atoms with Crippen LogP contribution < -0.4 is 25.3 Å². The molecular weight excluding hydrogens is 444 g/mol. The predicted octanol–water partition coefficient (Wildman–Crippen LogP) is 4.36. The van der Waals surface area contributed by atoms with Crippen LogP contribution in [0.15, 0.2) is 60.7 Å². The number of benzene rings is 3. The van der Waals surface area contributed by atoms with E-state index in [1.807, 2.05) is 13.0 Å². The molecule has 8 heteroatoms. The number of ether oxygens (including phenoxy) is 3. The van der Waals surface area contributed by atoms with E-state index < -0.39 is 5.91 Å². The summed E-state index contributed by atoms with van der Waals surface area (Å²) in [5.41, 5.74) is 7.71. The smallest absolute Gasteiger partial charge is 0.252 e. The lowest BCUT2D eigenvalue weighted by atomic mass is 10.1. The van der Waals surface area contributed by atoms with E-state index in [-0.39, 0.29) is 19.1 Å². The van der Waals surface area contributed by atoms with Crippen LogP contribution in [-0.4, -0.2) is 25.5 Å². The Morgan fingerprint density at radius 3 is 2.48 bits per heavy atom.